The Bertz CT molecular complexity index is 854. The summed E-state index contributed by atoms with van der Waals surface area (Å²) in [6.07, 6.45) is 0. The molecule has 0 radical (unpaired) electrons. The number of H-pyrrole nitrogens is 1. The molecular weight excluding hydrogens is 294 g/mol. The average Bonchev–Trinajstić information content (AvgIpc) is 2.99. The van der Waals surface area contributed by atoms with Crippen LogP contribution in [0.4, 0.5) is 11.5 Å². The number of carboxylic acid groups (broad SMARTS) is 1. The number of nitrogens with zero attached hydrogens (tertiary/aromatic N) is 1. The number of aromatic hydroxyl groups is 1. The van der Waals surface area contributed by atoms with Gasteiger partial charge in [0, 0.05) is 11.8 Å². The summed E-state index contributed by atoms with van der Waals surface area (Å²) in [7, 11) is 0. The van der Waals surface area contributed by atoms with E-state index >= 15 is 0 Å². The lowest BCUT2D eigenvalue weighted by atomic mass is 10.1. The molecule has 0 spiro atoms. The Morgan fingerprint density at radius 2 is 1.87 bits per heavy atom. The molecule has 0 saturated carbocycles. The molecule has 0 bridgehead atoms. The largest absolute Gasteiger partial charge is 0.508 e. The number of phenolic OH excluding ortho intramolecular Hbond substituents is 1. The van der Waals surface area contributed by atoms with Crippen molar-refractivity contribution in [1.29, 1.82) is 0 Å². The summed E-state index contributed by atoms with van der Waals surface area (Å²) in [5.74, 6) is -0.100. The van der Waals surface area contributed by atoms with E-state index in [-0.39, 0.29) is 11.3 Å². The fourth-order valence-electron chi connectivity index (χ4n) is 2.25. The van der Waals surface area contributed by atoms with Gasteiger partial charge in [-0.15, -0.1) is 0 Å². The molecule has 1 heterocycles. The van der Waals surface area contributed by atoms with Crippen LogP contribution >= 0.6 is 0 Å². The molecule has 6 nitrogen and oxygen atoms in total. The van der Waals surface area contributed by atoms with E-state index in [2.05, 4.69) is 15.5 Å². The van der Waals surface area contributed by atoms with E-state index in [4.69, 9.17) is 5.11 Å². The summed E-state index contributed by atoms with van der Waals surface area (Å²) >= 11 is 0. The van der Waals surface area contributed by atoms with Gasteiger partial charge in [0.05, 0.1) is 11.3 Å². The zero-order chi connectivity index (χ0) is 16.4. The maximum absolute atomic E-state index is 10.9. The number of phenols is 1. The van der Waals surface area contributed by atoms with Crippen molar-refractivity contribution in [1.82, 2.24) is 10.2 Å². The minimum absolute atomic E-state index is 0.217. The van der Waals surface area contributed by atoms with Crippen molar-refractivity contribution >= 4 is 17.5 Å². The zero-order valence-electron chi connectivity index (χ0n) is 12.4. The highest BCUT2D eigenvalue weighted by atomic mass is 16.4. The first kappa shape index (κ1) is 14.6. The number of aromatic nitrogens is 2. The van der Waals surface area contributed by atoms with Crippen molar-refractivity contribution in [3.63, 3.8) is 0 Å². The van der Waals surface area contributed by atoms with Crippen molar-refractivity contribution in [2.75, 3.05) is 5.32 Å². The molecule has 0 aliphatic heterocycles. The van der Waals surface area contributed by atoms with Gasteiger partial charge in [-0.1, -0.05) is 12.1 Å². The molecule has 0 aliphatic carbocycles. The lowest BCUT2D eigenvalue weighted by Gasteiger charge is -2.06. The Morgan fingerprint density at radius 1 is 1.13 bits per heavy atom. The summed E-state index contributed by atoms with van der Waals surface area (Å²) in [4.78, 5) is 10.9. The normalized spacial score (nSPS) is 10.5. The average molecular weight is 309 g/mol. The molecule has 4 N–H and O–H groups in total. The van der Waals surface area contributed by atoms with E-state index in [1.807, 2.05) is 13.0 Å². The topological polar surface area (TPSA) is 98.2 Å². The molecule has 1 aromatic heterocycles. The molecule has 0 fully saturated rings. The highest BCUT2D eigenvalue weighted by molar-refractivity contribution is 5.88. The Labute approximate surface area is 132 Å². The smallest absolute Gasteiger partial charge is 0.335 e. The van der Waals surface area contributed by atoms with Crippen LogP contribution in [0.5, 0.6) is 5.75 Å². The van der Waals surface area contributed by atoms with E-state index in [0.29, 0.717) is 5.82 Å². The first-order valence-electron chi connectivity index (χ1n) is 6.99. The Kier molecular flexibility index (Phi) is 3.72. The van der Waals surface area contributed by atoms with Crippen LogP contribution in [0.3, 0.4) is 0 Å². The maximum Gasteiger partial charge on any atom is 0.335 e. The number of carbonyl (C=O) groups is 1. The number of anilines is 2. The van der Waals surface area contributed by atoms with E-state index in [1.54, 1.807) is 42.5 Å². The molecule has 2 aromatic carbocycles. The summed E-state index contributed by atoms with van der Waals surface area (Å²) in [5, 5.41) is 28.6. The zero-order valence-corrected chi connectivity index (χ0v) is 12.4. The minimum atomic E-state index is -0.952. The van der Waals surface area contributed by atoms with Crippen LogP contribution in [-0.4, -0.2) is 26.4 Å². The van der Waals surface area contributed by atoms with Gasteiger partial charge in [0.25, 0.3) is 0 Å². The second kappa shape index (κ2) is 5.84. The van der Waals surface area contributed by atoms with E-state index in [1.165, 1.54) is 0 Å². The van der Waals surface area contributed by atoms with Gasteiger partial charge in [0.2, 0.25) is 0 Å². The van der Waals surface area contributed by atoms with Crippen LogP contribution in [0, 0.1) is 6.92 Å². The fourth-order valence-corrected chi connectivity index (χ4v) is 2.25. The van der Waals surface area contributed by atoms with Gasteiger partial charge in [-0.25, -0.2) is 4.79 Å². The number of aromatic carboxylic acids is 1. The predicted molar refractivity (Wildman–Crippen MR) is 87.1 cm³/mol. The predicted octanol–water partition coefficient (Wildman–Crippen LogP) is 3.53. The molecule has 116 valence electrons. The standard InChI is InChI=1S/C17H15N3O3/c1-10-8-13(21)6-7-14(10)18-16-9-15(19-20-16)11-2-4-12(5-3-11)17(22)23/h2-9,21H,1H3,(H,22,23)(H2,18,19,20). The van der Waals surface area contributed by atoms with Gasteiger partial charge < -0.3 is 15.5 Å². The molecule has 0 saturated heterocycles. The van der Waals surface area contributed by atoms with E-state index in [9.17, 15) is 9.90 Å². The van der Waals surface area contributed by atoms with Crippen molar-refractivity contribution in [2.45, 2.75) is 6.92 Å². The molecule has 6 heteroatoms. The van der Waals surface area contributed by atoms with Gasteiger partial charge in [-0.3, -0.25) is 5.10 Å². The highest BCUT2D eigenvalue weighted by Gasteiger charge is 2.07. The summed E-state index contributed by atoms with van der Waals surface area (Å²) in [6, 6.07) is 13.4. The third-order valence-electron chi connectivity index (χ3n) is 3.49. The van der Waals surface area contributed by atoms with Gasteiger partial charge >= 0.3 is 5.97 Å². The summed E-state index contributed by atoms with van der Waals surface area (Å²) in [6.45, 7) is 1.89. The van der Waals surface area contributed by atoms with Crippen LogP contribution in [0.25, 0.3) is 11.3 Å². The number of hydrogen-bond donors (Lipinski definition) is 4. The SMILES string of the molecule is Cc1cc(O)ccc1Nc1cc(-c2ccc(C(=O)O)cc2)[nH]n1. The molecule has 3 aromatic rings. The fraction of sp³-hybridized carbons (Fsp3) is 0.0588. The Hall–Kier alpha value is -3.28. The quantitative estimate of drug-likeness (QED) is 0.553. The molecule has 23 heavy (non-hydrogen) atoms. The third-order valence-corrected chi connectivity index (χ3v) is 3.49. The van der Waals surface area contributed by atoms with Gasteiger partial charge in [0.15, 0.2) is 5.82 Å². The molecular formula is C17H15N3O3. The van der Waals surface area contributed by atoms with Crippen LogP contribution in [-0.2, 0) is 0 Å². The summed E-state index contributed by atoms with van der Waals surface area (Å²) < 4.78 is 0. The number of carboxylic acids is 1. The Morgan fingerprint density at radius 3 is 2.52 bits per heavy atom. The molecule has 3 rings (SSSR count). The van der Waals surface area contributed by atoms with Crippen molar-refractivity contribution in [3.8, 4) is 17.0 Å². The minimum Gasteiger partial charge on any atom is -0.508 e. The van der Waals surface area contributed by atoms with Crippen LogP contribution in [0.1, 0.15) is 15.9 Å². The van der Waals surface area contributed by atoms with Crippen molar-refractivity contribution < 1.29 is 15.0 Å². The van der Waals surface area contributed by atoms with Crippen LogP contribution in [0.15, 0.2) is 48.5 Å². The number of aryl methyl sites for hydroxylation is 1. The first-order valence-corrected chi connectivity index (χ1v) is 6.99. The monoisotopic (exact) mass is 309 g/mol. The number of nitrogens with one attached hydrogen (secondary N) is 2. The van der Waals surface area contributed by atoms with Gasteiger partial charge in [0.1, 0.15) is 5.75 Å². The van der Waals surface area contributed by atoms with E-state index in [0.717, 1.165) is 22.5 Å². The van der Waals surface area contributed by atoms with Crippen LogP contribution < -0.4 is 5.32 Å². The van der Waals surface area contributed by atoms with Crippen LogP contribution in [0.2, 0.25) is 0 Å². The number of hydrogen-bond acceptors (Lipinski definition) is 4. The van der Waals surface area contributed by atoms with E-state index < -0.39 is 5.97 Å². The number of benzene rings is 2. The first-order chi connectivity index (χ1) is 11.0. The second-order valence-electron chi connectivity index (χ2n) is 5.17. The Balaban J connectivity index is 1.81. The molecule has 0 amide bonds. The second-order valence-corrected chi connectivity index (χ2v) is 5.17. The molecule has 0 atom stereocenters. The lowest BCUT2D eigenvalue weighted by Crippen LogP contribution is -1.94. The highest BCUT2D eigenvalue weighted by Crippen LogP contribution is 2.25. The third kappa shape index (κ3) is 3.16. The lowest BCUT2D eigenvalue weighted by molar-refractivity contribution is 0.0697. The van der Waals surface area contributed by atoms with Crippen molar-refractivity contribution in [2.24, 2.45) is 0 Å². The number of aromatic amines is 1. The molecule has 0 unspecified atom stereocenters. The van der Waals surface area contributed by atoms with Gasteiger partial charge in [-0.2, -0.15) is 5.10 Å². The molecule has 0 aliphatic rings. The maximum atomic E-state index is 10.9. The van der Waals surface area contributed by atoms with Crippen molar-refractivity contribution in [3.05, 3.63) is 59.7 Å². The van der Waals surface area contributed by atoms with Gasteiger partial charge in [-0.05, 0) is 48.4 Å². The number of rotatable bonds is 4. The summed E-state index contributed by atoms with van der Waals surface area (Å²) in [5.41, 5.74) is 3.62.